The van der Waals surface area contributed by atoms with E-state index in [0.29, 0.717) is 0 Å². The Morgan fingerprint density at radius 1 is 1.38 bits per heavy atom. The summed E-state index contributed by atoms with van der Waals surface area (Å²) < 4.78 is 44.8. The SMILES string of the molecule is CC1(OC(=O)NCc2cc3c(c(C(F)(F)F)c2)CNC3=O)CCC1. The largest absolute Gasteiger partial charge is 0.443 e. The summed E-state index contributed by atoms with van der Waals surface area (Å²) in [5.41, 5.74) is -1.19. The van der Waals surface area contributed by atoms with E-state index in [1.807, 2.05) is 6.92 Å². The molecule has 1 aromatic carbocycles. The van der Waals surface area contributed by atoms with Gasteiger partial charge in [-0.3, -0.25) is 4.79 Å². The third kappa shape index (κ3) is 3.18. The van der Waals surface area contributed by atoms with Crippen molar-refractivity contribution >= 4 is 12.0 Å². The summed E-state index contributed by atoms with van der Waals surface area (Å²) >= 11 is 0. The zero-order valence-electron chi connectivity index (χ0n) is 13.0. The number of carbonyl (C=O) groups excluding carboxylic acids is 2. The maximum Gasteiger partial charge on any atom is 0.416 e. The fourth-order valence-electron chi connectivity index (χ4n) is 2.95. The van der Waals surface area contributed by atoms with Crippen LogP contribution in [-0.2, 0) is 24.0 Å². The minimum Gasteiger partial charge on any atom is -0.443 e. The van der Waals surface area contributed by atoms with Crippen LogP contribution in [0.1, 0.15) is 53.2 Å². The molecule has 0 aromatic heterocycles. The monoisotopic (exact) mass is 342 g/mol. The smallest absolute Gasteiger partial charge is 0.416 e. The molecule has 0 unspecified atom stereocenters. The number of halogens is 3. The Bertz CT molecular complexity index is 697. The highest BCUT2D eigenvalue weighted by Crippen LogP contribution is 2.36. The molecule has 1 heterocycles. The minimum atomic E-state index is -4.56. The molecular formula is C16H17F3N2O3. The number of hydrogen-bond donors (Lipinski definition) is 2. The van der Waals surface area contributed by atoms with Gasteiger partial charge in [-0.1, -0.05) is 0 Å². The van der Waals surface area contributed by atoms with Crippen LogP contribution in [0.2, 0.25) is 0 Å². The molecule has 130 valence electrons. The number of ether oxygens (including phenoxy) is 1. The predicted molar refractivity (Wildman–Crippen MR) is 78.2 cm³/mol. The van der Waals surface area contributed by atoms with E-state index < -0.39 is 29.3 Å². The lowest BCUT2D eigenvalue weighted by atomic mass is 9.82. The fourth-order valence-corrected chi connectivity index (χ4v) is 2.95. The van der Waals surface area contributed by atoms with Crippen LogP contribution < -0.4 is 10.6 Å². The van der Waals surface area contributed by atoms with Crippen molar-refractivity contribution in [3.8, 4) is 0 Å². The topological polar surface area (TPSA) is 67.4 Å². The highest BCUT2D eigenvalue weighted by molar-refractivity contribution is 5.99. The number of fused-ring (bicyclic) bond motifs is 1. The number of hydrogen-bond acceptors (Lipinski definition) is 3. The first-order chi connectivity index (χ1) is 11.2. The normalized spacial score (nSPS) is 18.4. The fraction of sp³-hybridized carbons (Fsp3) is 0.500. The molecule has 1 aromatic rings. The Kier molecular flexibility index (Phi) is 3.93. The second-order valence-electron chi connectivity index (χ2n) is 6.40. The second kappa shape index (κ2) is 5.68. The van der Waals surface area contributed by atoms with Crippen LogP contribution >= 0.6 is 0 Å². The van der Waals surface area contributed by atoms with Gasteiger partial charge in [0.1, 0.15) is 5.60 Å². The molecule has 8 heteroatoms. The molecule has 1 aliphatic carbocycles. The van der Waals surface area contributed by atoms with Crippen LogP contribution in [0.4, 0.5) is 18.0 Å². The highest BCUT2D eigenvalue weighted by atomic mass is 19.4. The number of carbonyl (C=O) groups is 2. The van der Waals surface area contributed by atoms with E-state index in [1.165, 1.54) is 6.07 Å². The van der Waals surface area contributed by atoms with Crippen LogP contribution in [0.15, 0.2) is 12.1 Å². The molecule has 2 aliphatic rings. The van der Waals surface area contributed by atoms with E-state index >= 15 is 0 Å². The molecule has 0 spiro atoms. The van der Waals surface area contributed by atoms with E-state index in [0.717, 1.165) is 25.3 Å². The Balaban J connectivity index is 1.75. The molecule has 0 radical (unpaired) electrons. The number of nitrogens with one attached hydrogen (secondary N) is 2. The van der Waals surface area contributed by atoms with Crippen molar-refractivity contribution in [1.82, 2.24) is 10.6 Å². The molecule has 0 bridgehead atoms. The minimum absolute atomic E-state index is 0.000877. The van der Waals surface area contributed by atoms with Crippen LogP contribution in [0.25, 0.3) is 0 Å². The van der Waals surface area contributed by atoms with Gasteiger partial charge in [-0.25, -0.2) is 4.79 Å². The van der Waals surface area contributed by atoms with Gasteiger partial charge in [0, 0.05) is 18.7 Å². The predicted octanol–water partition coefficient (Wildman–Crippen LogP) is 3.12. The molecule has 5 nitrogen and oxygen atoms in total. The zero-order chi connectivity index (χ0) is 17.5. The van der Waals surface area contributed by atoms with Gasteiger partial charge in [-0.2, -0.15) is 13.2 Å². The number of benzene rings is 1. The molecule has 2 N–H and O–H groups in total. The lowest BCUT2D eigenvalue weighted by molar-refractivity contribution is -0.138. The molecule has 0 saturated heterocycles. The summed E-state index contributed by atoms with van der Waals surface area (Å²) in [5, 5.41) is 4.83. The van der Waals surface area contributed by atoms with Crippen LogP contribution in [0.5, 0.6) is 0 Å². The number of amides is 2. The first-order valence-electron chi connectivity index (χ1n) is 7.66. The maximum atomic E-state index is 13.2. The van der Waals surface area contributed by atoms with Gasteiger partial charge in [0.2, 0.25) is 0 Å². The van der Waals surface area contributed by atoms with Crippen LogP contribution in [0, 0.1) is 0 Å². The average molecular weight is 342 g/mol. The summed E-state index contributed by atoms with van der Waals surface area (Å²) in [6, 6.07) is 2.34. The van der Waals surface area contributed by atoms with E-state index in [9.17, 15) is 22.8 Å². The van der Waals surface area contributed by atoms with Gasteiger partial charge in [0.05, 0.1) is 5.56 Å². The Morgan fingerprint density at radius 3 is 2.67 bits per heavy atom. The van der Waals surface area contributed by atoms with E-state index in [1.54, 1.807) is 0 Å². The summed E-state index contributed by atoms with van der Waals surface area (Å²) in [4.78, 5) is 23.4. The molecule has 24 heavy (non-hydrogen) atoms. The molecule has 1 fully saturated rings. The lowest BCUT2D eigenvalue weighted by Gasteiger charge is -2.37. The van der Waals surface area contributed by atoms with Gasteiger partial charge in [-0.15, -0.1) is 0 Å². The molecule has 1 aliphatic heterocycles. The number of alkyl halides is 3. The van der Waals surface area contributed by atoms with E-state index in [4.69, 9.17) is 4.74 Å². The van der Waals surface area contributed by atoms with Crippen molar-refractivity contribution in [2.24, 2.45) is 0 Å². The lowest BCUT2D eigenvalue weighted by Crippen LogP contribution is -2.41. The summed E-state index contributed by atoms with van der Waals surface area (Å²) in [6.45, 7) is 1.53. The summed E-state index contributed by atoms with van der Waals surface area (Å²) in [7, 11) is 0. The van der Waals surface area contributed by atoms with Crippen molar-refractivity contribution in [2.45, 2.75) is 51.1 Å². The van der Waals surface area contributed by atoms with Crippen LogP contribution in [-0.4, -0.2) is 17.6 Å². The summed E-state index contributed by atoms with van der Waals surface area (Å²) in [6.07, 6.45) is -2.70. The van der Waals surface area contributed by atoms with Crippen molar-refractivity contribution in [3.05, 3.63) is 34.4 Å². The molecule has 0 atom stereocenters. The van der Waals surface area contributed by atoms with Gasteiger partial charge >= 0.3 is 12.3 Å². The maximum absolute atomic E-state index is 13.2. The zero-order valence-corrected chi connectivity index (χ0v) is 13.0. The highest BCUT2D eigenvalue weighted by Gasteiger charge is 2.38. The molecule has 3 rings (SSSR count). The van der Waals surface area contributed by atoms with E-state index in [2.05, 4.69) is 10.6 Å². The van der Waals surface area contributed by atoms with Crippen molar-refractivity contribution < 1.29 is 27.5 Å². The molecule has 1 saturated carbocycles. The van der Waals surface area contributed by atoms with Crippen molar-refractivity contribution in [2.75, 3.05) is 0 Å². The Labute approximate surface area is 136 Å². The Hall–Kier alpha value is -2.25. The van der Waals surface area contributed by atoms with Crippen molar-refractivity contribution in [1.29, 1.82) is 0 Å². The van der Waals surface area contributed by atoms with Crippen LogP contribution in [0.3, 0.4) is 0 Å². The standard InChI is InChI=1S/C16H17F3N2O3/c1-15(3-2-4-15)24-14(23)21-7-9-5-10-11(8-20-13(10)22)12(6-9)16(17,18)19/h5-6H,2-4,7-8H2,1H3,(H,20,22)(H,21,23). The van der Waals surface area contributed by atoms with Gasteiger partial charge < -0.3 is 15.4 Å². The number of rotatable bonds is 3. The third-order valence-electron chi connectivity index (χ3n) is 4.47. The third-order valence-corrected chi connectivity index (χ3v) is 4.47. The van der Waals surface area contributed by atoms with Gasteiger partial charge in [0.25, 0.3) is 5.91 Å². The quantitative estimate of drug-likeness (QED) is 0.887. The van der Waals surface area contributed by atoms with Gasteiger partial charge in [-0.05, 0) is 49.4 Å². The number of alkyl carbamates (subject to hydrolysis) is 1. The van der Waals surface area contributed by atoms with Crippen molar-refractivity contribution in [3.63, 3.8) is 0 Å². The van der Waals surface area contributed by atoms with E-state index in [-0.39, 0.29) is 29.8 Å². The van der Waals surface area contributed by atoms with Gasteiger partial charge in [0.15, 0.2) is 0 Å². The second-order valence-corrected chi connectivity index (χ2v) is 6.40. The summed E-state index contributed by atoms with van der Waals surface area (Å²) in [5.74, 6) is -0.540. The Morgan fingerprint density at radius 2 is 2.08 bits per heavy atom. The molecule has 2 amide bonds. The first-order valence-corrected chi connectivity index (χ1v) is 7.66. The molecular weight excluding hydrogens is 325 g/mol. The first kappa shape index (κ1) is 16.6. The average Bonchev–Trinajstić information content (AvgIpc) is 2.83.